The monoisotopic (exact) mass is 344 g/mol. The summed E-state index contributed by atoms with van der Waals surface area (Å²) >= 11 is 0. The number of aliphatic hydroxyl groups is 1. The maximum Gasteiger partial charge on any atom is 0.0737 e. The van der Waals surface area contributed by atoms with Gasteiger partial charge < -0.3 is 24.0 Å². The molecular weight excluding hydrogens is 316 g/mol. The standard InChI is InChI=1S/C20H28N2O3/c1-21(11-12-23)16-8-6-15(7-9-16)20-18(14-25-3)17(13-24-2)19-5-4-10-22(19)20/h6-9,23H,4-5,10-14H2,1-3H3. The van der Waals surface area contributed by atoms with E-state index >= 15 is 0 Å². The Morgan fingerprint density at radius 2 is 1.76 bits per heavy atom. The number of fused-ring (bicyclic) bond motifs is 1. The Labute approximate surface area is 149 Å². The highest BCUT2D eigenvalue weighted by Crippen LogP contribution is 2.37. The number of benzene rings is 1. The van der Waals surface area contributed by atoms with Gasteiger partial charge in [-0.15, -0.1) is 0 Å². The van der Waals surface area contributed by atoms with E-state index in [9.17, 15) is 0 Å². The van der Waals surface area contributed by atoms with Gasteiger partial charge in [-0.1, -0.05) is 12.1 Å². The van der Waals surface area contributed by atoms with Crippen molar-refractivity contribution in [2.45, 2.75) is 32.6 Å². The summed E-state index contributed by atoms with van der Waals surface area (Å²) in [6.45, 7) is 3.07. The first kappa shape index (κ1) is 18.0. The van der Waals surface area contributed by atoms with E-state index in [1.165, 1.54) is 34.5 Å². The molecule has 0 bridgehead atoms. The molecule has 25 heavy (non-hydrogen) atoms. The lowest BCUT2D eigenvalue weighted by Gasteiger charge is -2.18. The van der Waals surface area contributed by atoms with Crippen LogP contribution in [0.3, 0.4) is 0 Å². The van der Waals surface area contributed by atoms with Gasteiger partial charge in [-0.3, -0.25) is 0 Å². The van der Waals surface area contributed by atoms with E-state index in [-0.39, 0.29) is 6.61 Å². The lowest BCUT2D eigenvalue weighted by Crippen LogP contribution is -2.20. The number of anilines is 1. The van der Waals surface area contributed by atoms with Crippen LogP contribution >= 0.6 is 0 Å². The Bertz CT molecular complexity index is 707. The lowest BCUT2D eigenvalue weighted by molar-refractivity contribution is 0.169. The van der Waals surface area contributed by atoms with Crippen molar-refractivity contribution in [2.24, 2.45) is 0 Å². The number of ether oxygens (including phenoxy) is 2. The Hall–Kier alpha value is -1.82. The summed E-state index contributed by atoms with van der Waals surface area (Å²) in [5.41, 5.74) is 7.51. The molecule has 0 amide bonds. The van der Waals surface area contributed by atoms with Crippen LogP contribution in [0.2, 0.25) is 0 Å². The van der Waals surface area contributed by atoms with Gasteiger partial charge in [0.15, 0.2) is 0 Å². The van der Waals surface area contributed by atoms with E-state index in [0.29, 0.717) is 19.8 Å². The molecule has 1 aliphatic heterocycles. The quantitative estimate of drug-likeness (QED) is 0.800. The van der Waals surface area contributed by atoms with E-state index in [2.05, 4.69) is 33.7 Å². The van der Waals surface area contributed by atoms with Gasteiger partial charge in [0.1, 0.15) is 0 Å². The summed E-state index contributed by atoms with van der Waals surface area (Å²) in [6, 6.07) is 8.57. The molecule has 1 aromatic carbocycles. The van der Waals surface area contributed by atoms with Gasteiger partial charge >= 0.3 is 0 Å². The number of methoxy groups -OCH3 is 2. The SMILES string of the molecule is COCc1c(COC)c(-c2ccc(N(C)CCO)cc2)n2c1CCC2. The van der Waals surface area contributed by atoms with Crippen LogP contribution in [0.5, 0.6) is 0 Å². The molecule has 0 aliphatic carbocycles. The van der Waals surface area contributed by atoms with Gasteiger partial charge in [-0.25, -0.2) is 0 Å². The molecule has 136 valence electrons. The third-order valence-electron chi connectivity index (χ3n) is 4.98. The molecular formula is C20H28N2O3. The Morgan fingerprint density at radius 1 is 1.08 bits per heavy atom. The number of nitrogens with zero attached hydrogens (tertiary/aromatic N) is 2. The molecule has 3 rings (SSSR count). The first-order valence-corrected chi connectivity index (χ1v) is 8.84. The average Bonchev–Trinajstić information content (AvgIpc) is 3.18. The predicted octanol–water partition coefficient (Wildman–Crippen LogP) is 2.82. The minimum absolute atomic E-state index is 0.156. The van der Waals surface area contributed by atoms with Gasteiger partial charge in [-0.2, -0.15) is 0 Å². The third kappa shape index (κ3) is 3.45. The first-order chi connectivity index (χ1) is 12.2. The van der Waals surface area contributed by atoms with Crippen molar-refractivity contribution in [2.75, 3.05) is 39.3 Å². The van der Waals surface area contributed by atoms with Crippen LogP contribution < -0.4 is 4.90 Å². The number of aliphatic hydroxyl groups excluding tert-OH is 1. The van der Waals surface area contributed by atoms with Gasteiger partial charge in [0.2, 0.25) is 0 Å². The number of aromatic nitrogens is 1. The highest BCUT2D eigenvalue weighted by atomic mass is 16.5. The molecule has 0 saturated heterocycles. The van der Waals surface area contributed by atoms with Gasteiger partial charge in [0.25, 0.3) is 0 Å². The zero-order valence-electron chi connectivity index (χ0n) is 15.4. The second-order valence-corrected chi connectivity index (χ2v) is 6.57. The summed E-state index contributed by atoms with van der Waals surface area (Å²) in [4.78, 5) is 2.05. The predicted molar refractivity (Wildman–Crippen MR) is 100.0 cm³/mol. The Morgan fingerprint density at radius 3 is 2.40 bits per heavy atom. The van der Waals surface area contributed by atoms with Crippen molar-refractivity contribution >= 4 is 5.69 Å². The molecule has 5 heteroatoms. The third-order valence-corrected chi connectivity index (χ3v) is 4.98. The summed E-state index contributed by atoms with van der Waals surface area (Å²) in [7, 11) is 5.49. The number of hydrogen-bond donors (Lipinski definition) is 1. The fraction of sp³-hybridized carbons (Fsp3) is 0.500. The van der Waals surface area contributed by atoms with Crippen LogP contribution in [0, 0.1) is 0 Å². The average molecular weight is 344 g/mol. The van der Waals surface area contributed by atoms with Crippen molar-refractivity contribution in [3.05, 3.63) is 41.1 Å². The van der Waals surface area contributed by atoms with Crippen molar-refractivity contribution in [1.82, 2.24) is 4.57 Å². The molecule has 0 spiro atoms. The van der Waals surface area contributed by atoms with E-state index in [4.69, 9.17) is 14.6 Å². The van der Waals surface area contributed by atoms with Crippen LogP contribution in [-0.4, -0.2) is 44.1 Å². The minimum atomic E-state index is 0.156. The highest BCUT2D eigenvalue weighted by Gasteiger charge is 2.26. The second kappa shape index (κ2) is 8.04. The van der Waals surface area contributed by atoms with Gasteiger partial charge in [-0.05, 0) is 30.5 Å². The molecule has 0 fully saturated rings. The van der Waals surface area contributed by atoms with E-state index in [0.717, 1.165) is 18.7 Å². The van der Waals surface area contributed by atoms with Crippen LogP contribution in [0.4, 0.5) is 5.69 Å². The normalized spacial score (nSPS) is 13.3. The zero-order chi connectivity index (χ0) is 17.8. The molecule has 0 unspecified atom stereocenters. The summed E-state index contributed by atoms with van der Waals surface area (Å²) in [6.07, 6.45) is 2.29. The smallest absolute Gasteiger partial charge is 0.0737 e. The molecule has 1 aliphatic rings. The number of hydrogen-bond acceptors (Lipinski definition) is 4. The summed E-state index contributed by atoms with van der Waals surface area (Å²) in [5, 5.41) is 9.11. The lowest BCUT2D eigenvalue weighted by atomic mass is 10.0. The summed E-state index contributed by atoms with van der Waals surface area (Å²) < 4.78 is 13.4. The minimum Gasteiger partial charge on any atom is -0.395 e. The molecule has 2 heterocycles. The topological polar surface area (TPSA) is 46.9 Å². The Balaban J connectivity index is 2.02. The molecule has 1 N–H and O–H groups in total. The van der Waals surface area contributed by atoms with Crippen LogP contribution in [0.15, 0.2) is 24.3 Å². The molecule has 2 aromatic rings. The van der Waals surface area contributed by atoms with Crippen LogP contribution in [-0.2, 0) is 35.7 Å². The summed E-state index contributed by atoms with van der Waals surface area (Å²) in [5.74, 6) is 0. The number of likely N-dealkylation sites (N-methyl/N-ethyl adjacent to an activating group) is 1. The van der Waals surface area contributed by atoms with Crippen LogP contribution in [0.25, 0.3) is 11.3 Å². The fourth-order valence-electron chi connectivity index (χ4n) is 3.81. The molecule has 0 radical (unpaired) electrons. The first-order valence-electron chi connectivity index (χ1n) is 8.84. The fourth-order valence-corrected chi connectivity index (χ4v) is 3.81. The maximum atomic E-state index is 9.11. The van der Waals surface area contributed by atoms with E-state index in [1.807, 2.05) is 7.05 Å². The van der Waals surface area contributed by atoms with E-state index < -0.39 is 0 Å². The van der Waals surface area contributed by atoms with Gasteiger partial charge in [0, 0.05) is 56.9 Å². The van der Waals surface area contributed by atoms with Crippen molar-refractivity contribution in [3.63, 3.8) is 0 Å². The van der Waals surface area contributed by atoms with Crippen LogP contribution in [0.1, 0.15) is 23.2 Å². The van der Waals surface area contributed by atoms with Crippen molar-refractivity contribution in [3.8, 4) is 11.3 Å². The zero-order valence-corrected chi connectivity index (χ0v) is 15.4. The molecule has 0 saturated carbocycles. The second-order valence-electron chi connectivity index (χ2n) is 6.57. The van der Waals surface area contributed by atoms with Crippen molar-refractivity contribution < 1.29 is 14.6 Å². The molecule has 0 atom stereocenters. The number of rotatable bonds is 8. The maximum absolute atomic E-state index is 9.11. The van der Waals surface area contributed by atoms with E-state index in [1.54, 1.807) is 14.2 Å². The Kier molecular flexibility index (Phi) is 5.78. The molecule has 5 nitrogen and oxygen atoms in total. The molecule has 1 aromatic heterocycles. The highest BCUT2D eigenvalue weighted by molar-refractivity contribution is 5.70. The van der Waals surface area contributed by atoms with Crippen molar-refractivity contribution in [1.29, 1.82) is 0 Å². The largest absolute Gasteiger partial charge is 0.395 e. The van der Waals surface area contributed by atoms with Gasteiger partial charge in [0.05, 0.1) is 25.5 Å².